The normalized spacial score (nSPS) is 12.3. The van der Waals surface area contributed by atoms with Crippen LogP contribution in [0.2, 0.25) is 0 Å². The number of anilines is 2. The molecule has 0 radical (unpaired) electrons. The topological polar surface area (TPSA) is 167 Å². The van der Waals surface area contributed by atoms with Gasteiger partial charge in [0.05, 0.1) is 13.7 Å². The van der Waals surface area contributed by atoms with Gasteiger partial charge < -0.3 is 32.6 Å². The third-order valence-corrected chi connectivity index (χ3v) is 5.00. The van der Waals surface area contributed by atoms with Crippen LogP contribution >= 0.6 is 22.6 Å². The molecule has 0 unspecified atom stereocenters. The summed E-state index contributed by atoms with van der Waals surface area (Å²) in [4.78, 5) is 24.9. The molecule has 1 atom stereocenters. The minimum atomic E-state index is -0.422. The number of nitrogen functional groups attached to an aromatic ring is 2. The number of carbonyl (C=O) groups is 1. The Labute approximate surface area is 189 Å². The van der Waals surface area contributed by atoms with Crippen molar-refractivity contribution >= 4 is 46.1 Å². The van der Waals surface area contributed by atoms with E-state index in [0.717, 1.165) is 24.2 Å². The number of aromatic nitrogens is 2. The number of amides is 1. The zero-order valence-corrected chi connectivity index (χ0v) is 19.1. The van der Waals surface area contributed by atoms with Crippen molar-refractivity contribution in [2.45, 2.75) is 32.4 Å². The quantitative estimate of drug-likeness (QED) is 0.185. The van der Waals surface area contributed by atoms with Crippen molar-refractivity contribution in [1.82, 2.24) is 20.6 Å². The molecular formula is C19H27IN8O2. The fourth-order valence-corrected chi connectivity index (χ4v) is 3.01. The maximum absolute atomic E-state index is 12.4. The van der Waals surface area contributed by atoms with Gasteiger partial charge in [-0.1, -0.05) is 25.5 Å². The fraction of sp³-hybridized carbons (Fsp3) is 0.368. The Morgan fingerprint density at radius 2 is 1.93 bits per heavy atom. The van der Waals surface area contributed by atoms with Gasteiger partial charge in [-0.05, 0) is 46.7 Å². The smallest absolute Gasteiger partial charge is 0.273 e. The van der Waals surface area contributed by atoms with Crippen LogP contribution in [0.5, 0.6) is 5.75 Å². The summed E-state index contributed by atoms with van der Waals surface area (Å²) in [6, 6.07) is 7.51. The van der Waals surface area contributed by atoms with Crippen molar-refractivity contribution in [2.75, 3.05) is 25.1 Å². The summed E-state index contributed by atoms with van der Waals surface area (Å²) >= 11 is 1.90. The van der Waals surface area contributed by atoms with Crippen LogP contribution in [0.4, 0.5) is 11.6 Å². The van der Waals surface area contributed by atoms with Gasteiger partial charge in [-0.15, -0.1) is 0 Å². The molecule has 1 amide bonds. The summed E-state index contributed by atoms with van der Waals surface area (Å²) in [5.74, 6) is 0.852. The van der Waals surface area contributed by atoms with Gasteiger partial charge >= 0.3 is 0 Å². The lowest BCUT2D eigenvalue weighted by Gasteiger charge is -2.19. The van der Waals surface area contributed by atoms with Crippen molar-refractivity contribution in [3.63, 3.8) is 0 Å². The molecule has 0 aliphatic rings. The molecule has 10 nitrogen and oxygen atoms in total. The lowest BCUT2D eigenvalue weighted by Crippen LogP contribution is -2.46. The SMILES string of the molecule is CCC[C@@H](CNC(=O)c1nc(I)c(N)nc1N)NC(N)=NCc1ccc(OC)cc1. The molecule has 162 valence electrons. The van der Waals surface area contributed by atoms with Gasteiger partial charge in [0.15, 0.2) is 23.3 Å². The molecule has 1 aromatic carbocycles. The summed E-state index contributed by atoms with van der Waals surface area (Å²) in [6.45, 7) is 2.81. The van der Waals surface area contributed by atoms with Crippen LogP contribution in [0.3, 0.4) is 0 Å². The Hall–Kier alpha value is -2.83. The molecule has 0 bridgehead atoms. The first-order chi connectivity index (χ1) is 14.3. The number of carbonyl (C=O) groups excluding carboxylic acids is 1. The fourth-order valence-electron chi connectivity index (χ4n) is 2.64. The summed E-state index contributed by atoms with van der Waals surface area (Å²) in [5, 5.41) is 5.96. The number of rotatable bonds is 9. The Morgan fingerprint density at radius 3 is 2.57 bits per heavy atom. The monoisotopic (exact) mass is 526 g/mol. The average Bonchev–Trinajstić information content (AvgIpc) is 2.73. The number of aliphatic imine (C=N–C) groups is 1. The Morgan fingerprint density at radius 1 is 1.23 bits per heavy atom. The van der Waals surface area contributed by atoms with E-state index >= 15 is 0 Å². The first-order valence-electron chi connectivity index (χ1n) is 9.40. The maximum atomic E-state index is 12.4. The summed E-state index contributed by atoms with van der Waals surface area (Å²) in [6.07, 6.45) is 1.69. The highest BCUT2D eigenvalue weighted by atomic mass is 127. The van der Waals surface area contributed by atoms with E-state index in [1.165, 1.54) is 0 Å². The van der Waals surface area contributed by atoms with Gasteiger partial charge in [0.1, 0.15) is 9.45 Å². The third kappa shape index (κ3) is 6.90. The van der Waals surface area contributed by atoms with Crippen LogP contribution in [0.15, 0.2) is 29.3 Å². The van der Waals surface area contributed by atoms with E-state index in [1.807, 2.05) is 53.8 Å². The minimum absolute atomic E-state index is 0.00835. The zero-order valence-electron chi connectivity index (χ0n) is 17.0. The molecule has 1 heterocycles. The van der Waals surface area contributed by atoms with Gasteiger partial charge in [-0.2, -0.15) is 0 Å². The van der Waals surface area contributed by atoms with Crippen LogP contribution in [-0.4, -0.2) is 41.5 Å². The van der Waals surface area contributed by atoms with Crippen LogP contribution in [0.25, 0.3) is 0 Å². The van der Waals surface area contributed by atoms with Crippen molar-refractivity contribution < 1.29 is 9.53 Å². The molecule has 0 aliphatic heterocycles. The highest BCUT2D eigenvalue weighted by Gasteiger charge is 2.17. The standard InChI is InChI=1S/C19H27IN8O2/c1-3-4-12(10-24-18(29)14-16(21)28-17(22)15(20)27-14)26-19(23)25-9-11-5-7-13(30-2)8-6-11/h5-8,12H,3-4,9-10H2,1-2H3,(H,24,29)(H4,21,22,28)(H3,23,25,26)/t12-/m0/s1. The van der Waals surface area contributed by atoms with E-state index in [1.54, 1.807) is 7.11 Å². The predicted molar refractivity (Wildman–Crippen MR) is 126 cm³/mol. The molecule has 0 saturated heterocycles. The second-order valence-corrected chi connectivity index (χ2v) is 7.54. The van der Waals surface area contributed by atoms with Crippen LogP contribution in [0, 0.1) is 3.70 Å². The molecule has 2 rings (SSSR count). The Balaban J connectivity index is 1.94. The van der Waals surface area contributed by atoms with Crippen LogP contribution < -0.4 is 32.6 Å². The van der Waals surface area contributed by atoms with Crippen LogP contribution in [-0.2, 0) is 6.54 Å². The minimum Gasteiger partial charge on any atom is -0.497 e. The average molecular weight is 526 g/mol. The number of nitrogens with one attached hydrogen (secondary N) is 2. The third-order valence-electron chi connectivity index (χ3n) is 4.21. The number of hydrogen-bond acceptors (Lipinski definition) is 7. The first kappa shape index (κ1) is 23.4. The second-order valence-electron chi connectivity index (χ2n) is 6.52. The molecule has 30 heavy (non-hydrogen) atoms. The van der Waals surface area contributed by atoms with E-state index in [4.69, 9.17) is 21.9 Å². The van der Waals surface area contributed by atoms with Gasteiger partial charge in [0.25, 0.3) is 5.91 Å². The lowest BCUT2D eigenvalue weighted by molar-refractivity contribution is 0.0945. The first-order valence-corrected chi connectivity index (χ1v) is 10.5. The zero-order chi connectivity index (χ0) is 22.1. The number of halogens is 1. The van der Waals surface area contributed by atoms with Gasteiger partial charge in [0.2, 0.25) is 0 Å². The van der Waals surface area contributed by atoms with E-state index in [9.17, 15) is 4.79 Å². The molecule has 0 aliphatic carbocycles. The van der Waals surface area contributed by atoms with Gasteiger partial charge in [-0.25, -0.2) is 15.0 Å². The highest BCUT2D eigenvalue weighted by molar-refractivity contribution is 14.1. The Bertz CT molecular complexity index is 889. The number of nitrogens with two attached hydrogens (primary N) is 3. The molecule has 2 aromatic rings. The van der Waals surface area contributed by atoms with Crippen molar-refractivity contribution in [3.05, 3.63) is 39.2 Å². The number of guanidine groups is 1. The lowest BCUT2D eigenvalue weighted by atomic mass is 10.1. The molecule has 8 N–H and O–H groups in total. The molecule has 11 heteroatoms. The van der Waals surface area contributed by atoms with Gasteiger partial charge in [0, 0.05) is 12.6 Å². The largest absolute Gasteiger partial charge is 0.497 e. The molecule has 0 spiro atoms. The number of benzene rings is 1. The summed E-state index contributed by atoms with van der Waals surface area (Å²) < 4.78 is 5.56. The van der Waals surface area contributed by atoms with Crippen molar-refractivity contribution in [1.29, 1.82) is 0 Å². The number of methoxy groups -OCH3 is 1. The van der Waals surface area contributed by atoms with E-state index in [0.29, 0.717) is 22.7 Å². The van der Waals surface area contributed by atoms with E-state index < -0.39 is 5.91 Å². The molecule has 0 fully saturated rings. The van der Waals surface area contributed by atoms with Crippen LogP contribution in [0.1, 0.15) is 35.8 Å². The highest BCUT2D eigenvalue weighted by Crippen LogP contribution is 2.14. The van der Waals surface area contributed by atoms with Crippen molar-refractivity contribution in [3.8, 4) is 5.75 Å². The van der Waals surface area contributed by atoms with Gasteiger partial charge in [-0.3, -0.25) is 4.79 Å². The second kappa shape index (κ2) is 11.4. The maximum Gasteiger partial charge on any atom is 0.273 e. The number of ether oxygens (including phenoxy) is 1. The van der Waals surface area contributed by atoms with E-state index in [-0.39, 0.29) is 23.4 Å². The predicted octanol–water partition coefficient (Wildman–Crippen LogP) is 1.26. The van der Waals surface area contributed by atoms with E-state index in [2.05, 4.69) is 25.6 Å². The molecular weight excluding hydrogens is 499 g/mol. The Kier molecular flexibility index (Phi) is 8.89. The molecule has 0 saturated carbocycles. The number of hydrogen-bond donors (Lipinski definition) is 5. The van der Waals surface area contributed by atoms with Crippen molar-refractivity contribution in [2.24, 2.45) is 10.7 Å². The summed E-state index contributed by atoms with van der Waals surface area (Å²) in [7, 11) is 1.62. The molecule has 1 aromatic heterocycles. The number of nitrogens with zero attached hydrogens (tertiary/aromatic N) is 3. The summed E-state index contributed by atoms with van der Waals surface area (Å²) in [5.41, 5.74) is 18.5.